The third-order valence-electron chi connectivity index (χ3n) is 2.29. The molecule has 1 aromatic carbocycles. The van der Waals surface area contributed by atoms with Gasteiger partial charge in [0.1, 0.15) is 5.82 Å². The van der Waals surface area contributed by atoms with Crippen LogP contribution >= 0.6 is 11.6 Å². The van der Waals surface area contributed by atoms with Crippen molar-refractivity contribution in [1.29, 1.82) is 0 Å². The number of rotatable bonds is 2. The number of nitrogens with two attached hydrogens (primary N) is 1. The van der Waals surface area contributed by atoms with Gasteiger partial charge in [-0.2, -0.15) is 0 Å². The Balaban J connectivity index is 2.92. The summed E-state index contributed by atoms with van der Waals surface area (Å²) in [6.45, 7) is 1.61. The molecule has 0 aliphatic heterocycles. The molecule has 0 saturated heterocycles. The number of likely N-dealkylation sites (N-methyl/N-ethyl adjacent to an activating group) is 1. The largest absolute Gasteiger partial charge is 0.361 e. The van der Waals surface area contributed by atoms with Crippen molar-refractivity contribution < 1.29 is 14.0 Å². The summed E-state index contributed by atoms with van der Waals surface area (Å²) in [6.07, 6.45) is 0. The highest BCUT2D eigenvalue weighted by Gasteiger charge is 2.16. The Labute approximate surface area is 103 Å². The van der Waals surface area contributed by atoms with E-state index in [0.717, 1.165) is 4.90 Å². The normalized spacial score (nSPS) is 10.1. The molecule has 0 spiro atoms. The molecule has 0 unspecified atom stereocenters. The topological polar surface area (TPSA) is 63.4 Å². The zero-order chi connectivity index (χ0) is 13.2. The predicted octanol–water partition coefficient (Wildman–Crippen LogP) is 1.23. The van der Waals surface area contributed by atoms with Crippen LogP contribution in [-0.4, -0.2) is 23.8 Å². The van der Waals surface area contributed by atoms with Gasteiger partial charge in [0.05, 0.1) is 0 Å². The van der Waals surface area contributed by atoms with E-state index in [9.17, 15) is 14.0 Å². The molecule has 2 amide bonds. The van der Waals surface area contributed by atoms with Gasteiger partial charge in [0, 0.05) is 18.6 Å². The predicted molar refractivity (Wildman–Crippen MR) is 61.8 cm³/mol. The molecular weight excluding hydrogens is 247 g/mol. The summed E-state index contributed by atoms with van der Waals surface area (Å²) >= 11 is 5.91. The lowest BCUT2D eigenvalue weighted by atomic mass is 10.1. The zero-order valence-electron chi connectivity index (χ0n) is 9.46. The number of aryl methyl sites for hydroxylation is 1. The second-order valence-electron chi connectivity index (χ2n) is 3.72. The number of hydrogen-bond donors (Lipinski definition) is 1. The number of nitrogens with zero attached hydrogens (tertiary/aromatic N) is 1. The molecule has 0 bridgehead atoms. The average Bonchev–Trinajstić information content (AvgIpc) is 2.24. The van der Waals surface area contributed by atoms with Gasteiger partial charge in [-0.3, -0.25) is 9.59 Å². The fourth-order valence-corrected chi connectivity index (χ4v) is 1.60. The van der Waals surface area contributed by atoms with Crippen molar-refractivity contribution >= 4 is 23.4 Å². The van der Waals surface area contributed by atoms with E-state index in [1.54, 1.807) is 6.92 Å². The fraction of sp³-hybridized carbons (Fsp3) is 0.273. The van der Waals surface area contributed by atoms with Gasteiger partial charge in [-0.15, -0.1) is 0 Å². The van der Waals surface area contributed by atoms with Crippen LogP contribution in [0.2, 0.25) is 5.02 Å². The molecule has 0 radical (unpaired) electrons. The van der Waals surface area contributed by atoms with Crippen molar-refractivity contribution in [3.05, 3.63) is 34.1 Å². The maximum absolute atomic E-state index is 13.3. The summed E-state index contributed by atoms with van der Waals surface area (Å²) in [6, 6.07) is 2.71. The van der Waals surface area contributed by atoms with E-state index in [1.165, 1.54) is 19.2 Å². The van der Waals surface area contributed by atoms with E-state index in [-0.39, 0.29) is 6.54 Å². The Morgan fingerprint density at radius 2 is 2.06 bits per heavy atom. The lowest BCUT2D eigenvalue weighted by Crippen LogP contribution is -2.37. The monoisotopic (exact) mass is 258 g/mol. The summed E-state index contributed by atoms with van der Waals surface area (Å²) < 4.78 is 13.3. The minimum atomic E-state index is -1.06. The Morgan fingerprint density at radius 3 is 2.59 bits per heavy atom. The Morgan fingerprint density at radius 1 is 1.47 bits per heavy atom. The number of carbonyl (C=O) groups is 2. The smallest absolute Gasteiger partial charge is 0.311 e. The summed E-state index contributed by atoms with van der Waals surface area (Å²) in [5.74, 6) is -2.32. The number of carbonyl (C=O) groups excluding carboxylic acids is 2. The van der Waals surface area contributed by atoms with Crippen molar-refractivity contribution in [3.63, 3.8) is 0 Å². The van der Waals surface area contributed by atoms with Gasteiger partial charge < -0.3 is 10.6 Å². The molecular formula is C11H12ClFN2O2. The zero-order valence-corrected chi connectivity index (χ0v) is 10.2. The Bertz CT molecular complexity index is 477. The van der Waals surface area contributed by atoms with Crippen molar-refractivity contribution in [2.45, 2.75) is 13.5 Å². The van der Waals surface area contributed by atoms with Crippen LogP contribution < -0.4 is 5.73 Å². The minimum Gasteiger partial charge on any atom is -0.361 e. The summed E-state index contributed by atoms with van der Waals surface area (Å²) in [4.78, 5) is 23.0. The highest BCUT2D eigenvalue weighted by molar-refractivity contribution is 6.34. The maximum atomic E-state index is 13.3. The lowest BCUT2D eigenvalue weighted by Gasteiger charge is -2.16. The summed E-state index contributed by atoms with van der Waals surface area (Å²) in [5.41, 5.74) is 5.69. The van der Waals surface area contributed by atoms with Gasteiger partial charge in [-0.05, 0) is 30.2 Å². The maximum Gasteiger partial charge on any atom is 0.311 e. The molecule has 1 rings (SSSR count). The highest BCUT2D eigenvalue weighted by Crippen LogP contribution is 2.21. The van der Waals surface area contributed by atoms with Crippen molar-refractivity contribution in [2.75, 3.05) is 7.05 Å². The van der Waals surface area contributed by atoms with Gasteiger partial charge in [-0.1, -0.05) is 11.6 Å². The molecule has 17 heavy (non-hydrogen) atoms. The third-order valence-corrected chi connectivity index (χ3v) is 2.64. The molecule has 0 heterocycles. The molecule has 0 aromatic heterocycles. The van der Waals surface area contributed by atoms with Gasteiger partial charge in [0.25, 0.3) is 0 Å². The first-order chi connectivity index (χ1) is 7.82. The van der Waals surface area contributed by atoms with Crippen LogP contribution in [0.3, 0.4) is 0 Å². The fourth-order valence-electron chi connectivity index (χ4n) is 1.32. The van der Waals surface area contributed by atoms with E-state index >= 15 is 0 Å². The standard InChI is InChI=1S/C11H12ClFN2O2/c1-6-3-8(12)7(4-9(6)13)5-15(2)11(17)10(14)16/h3-4H,5H2,1-2H3,(H2,14,16). The molecule has 2 N–H and O–H groups in total. The van der Waals surface area contributed by atoms with Crippen LogP contribution in [0.5, 0.6) is 0 Å². The summed E-state index contributed by atoms with van der Waals surface area (Å²) in [5, 5.41) is 0.341. The molecule has 0 saturated carbocycles. The van der Waals surface area contributed by atoms with E-state index in [4.69, 9.17) is 17.3 Å². The Kier molecular flexibility index (Phi) is 4.07. The van der Waals surface area contributed by atoms with E-state index in [0.29, 0.717) is 16.1 Å². The Hall–Kier alpha value is -1.62. The molecule has 0 atom stereocenters. The summed E-state index contributed by atoms with van der Waals surface area (Å²) in [7, 11) is 1.39. The van der Waals surface area contributed by atoms with Gasteiger partial charge in [0.2, 0.25) is 0 Å². The second-order valence-corrected chi connectivity index (χ2v) is 4.13. The number of benzene rings is 1. The molecule has 0 fully saturated rings. The third kappa shape index (κ3) is 3.17. The van der Waals surface area contributed by atoms with E-state index in [2.05, 4.69) is 0 Å². The molecule has 6 heteroatoms. The van der Waals surface area contributed by atoms with Crippen LogP contribution in [0.4, 0.5) is 4.39 Å². The first-order valence-electron chi connectivity index (χ1n) is 4.82. The van der Waals surface area contributed by atoms with Crippen LogP contribution in [0.25, 0.3) is 0 Å². The van der Waals surface area contributed by atoms with Crippen molar-refractivity contribution in [3.8, 4) is 0 Å². The number of amides is 2. The average molecular weight is 259 g/mol. The second kappa shape index (κ2) is 5.14. The first kappa shape index (κ1) is 13.4. The molecule has 0 aliphatic rings. The number of primary amides is 1. The minimum absolute atomic E-state index is 0.0256. The van der Waals surface area contributed by atoms with Gasteiger partial charge >= 0.3 is 11.8 Å². The lowest BCUT2D eigenvalue weighted by molar-refractivity contribution is -0.143. The van der Waals surface area contributed by atoms with Crippen molar-refractivity contribution in [1.82, 2.24) is 4.90 Å². The first-order valence-corrected chi connectivity index (χ1v) is 5.20. The van der Waals surface area contributed by atoms with E-state index in [1.807, 2.05) is 0 Å². The molecule has 92 valence electrons. The molecule has 0 aliphatic carbocycles. The van der Waals surface area contributed by atoms with Crippen molar-refractivity contribution in [2.24, 2.45) is 5.73 Å². The molecule has 4 nitrogen and oxygen atoms in total. The molecule has 1 aromatic rings. The van der Waals surface area contributed by atoms with Crippen LogP contribution in [-0.2, 0) is 16.1 Å². The number of hydrogen-bond acceptors (Lipinski definition) is 2. The van der Waals surface area contributed by atoms with Crippen LogP contribution in [0.15, 0.2) is 12.1 Å². The highest BCUT2D eigenvalue weighted by atomic mass is 35.5. The quantitative estimate of drug-likeness (QED) is 0.811. The van der Waals surface area contributed by atoms with E-state index < -0.39 is 17.6 Å². The van der Waals surface area contributed by atoms with Crippen LogP contribution in [0, 0.1) is 12.7 Å². The SMILES string of the molecule is Cc1cc(Cl)c(CN(C)C(=O)C(N)=O)cc1F. The van der Waals surface area contributed by atoms with Crippen LogP contribution in [0.1, 0.15) is 11.1 Å². The van der Waals surface area contributed by atoms with Gasteiger partial charge in [-0.25, -0.2) is 4.39 Å². The number of halogens is 2. The van der Waals surface area contributed by atoms with Gasteiger partial charge in [0.15, 0.2) is 0 Å².